The van der Waals surface area contributed by atoms with Crippen LogP contribution in [-0.4, -0.2) is 19.2 Å². The Kier molecular flexibility index (Phi) is 6.24. The second-order valence-corrected chi connectivity index (χ2v) is 7.46. The average Bonchev–Trinajstić information content (AvgIpc) is 2.53. The van der Waals surface area contributed by atoms with Gasteiger partial charge in [-0.1, -0.05) is 37.1 Å². The van der Waals surface area contributed by atoms with Crippen LogP contribution in [0, 0.1) is 0 Å². The van der Waals surface area contributed by atoms with E-state index in [-0.39, 0.29) is 5.75 Å². The van der Waals surface area contributed by atoms with Gasteiger partial charge in [-0.3, -0.25) is 4.72 Å². The largest absolute Gasteiger partial charge is 0.380 e. The molecule has 0 amide bonds. The van der Waals surface area contributed by atoms with Crippen LogP contribution in [0.25, 0.3) is 0 Å². The van der Waals surface area contributed by atoms with Crippen molar-refractivity contribution in [2.45, 2.75) is 26.3 Å². The van der Waals surface area contributed by atoms with E-state index in [1.54, 1.807) is 18.3 Å². The van der Waals surface area contributed by atoms with Crippen LogP contribution in [0.1, 0.15) is 25.3 Å². The molecule has 124 valence electrons. The maximum atomic E-state index is 11.8. The summed E-state index contributed by atoms with van der Waals surface area (Å²) in [5.74, 6) is 0.444. The van der Waals surface area contributed by atoms with Gasteiger partial charge in [-0.15, -0.1) is 0 Å². The van der Waals surface area contributed by atoms with Gasteiger partial charge in [0.1, 0.15) is 5.82 Å². The van der Waals surface area contributed by atoms with E-state index in [0.29, 0.717) is 23.8 Å². The van der Waals surface area contributed by atoms with Crippen LogP contribution in [0.3, 0.4) is 0 Å². The summed E-state index contributed by atoms with van der Waals surface area (Å²) >= 11 is 5.84. The van der Waals surface area contributed by atoms with Gasteiger partial charge in [0.2, 0.25) is 10.0 Å². The molecule has 0 atom stereocenters. The summed E-state index contributed by atoms with van der Waals surface area (Å²) in [5, 5.41) is 3.93. The molecule has 2 rings (SSSR count). The lowest BCUT2D eigenvalue weighted by Crippen LogP contribution is -2.17. The number of nitrogens with zero attached hydrogens (tertiary/aromatic N) is 1. The maximum absolute atomic E-state index is 11.8. The van der Waals surface area contributed by atoms with Gasteiger partial charge >= 0.3 is 0 Å². The van der Waals surface area contributed by atoms with Crippen LogP contribution in [0.2, 0.25) is 5.02 Å². The van der Waals surface area contributed by atoms with Gasteiger partial charge < -0.3 is 5.32 Å². The fraction of sp³-hybridized carbons (Fsp3) is 0.312. The number of benzene rings is 1. The molecule has 2 N–H and O–H groups in total. The van der Waals surface area contributed by atoms with Gasteiger partial charge in [0.25, 0.3) is 0 Å². The fourth-order valence-corrected chi connectivity index (χ4v) is 3.25. The van der Waals surface area contributed by atoms with Crippen molar-refractivity contribution >= 4 is 33.1 Å². The first-order valence-electron chi connectivity index (χ1n) is 7.43. The van der Waals surface area contributed by atoms with Crippen molar-refractivity contribution in [3.05, 3.63) is 53.2 Å². The average molecular weight is 354 g/mol. The van der Waals surface area contributed by atoms with Crippen molar-refractivity contribution in [3.8, 4) is 0 Å². The van der Waals surface area contributed by atoms with E-state index in [1.165, 1.54) is 0 Å². The lowest BCUT2D eigenvalue weighted by atomic mass is 10.2. The summed E-state index contributed by atoms with van der Waals surface area (Å²) in [6, 6.07) is 11.0. The summed E-state index contributed by atoms with van der Waals surface area (Å²) < 4.78 is 26.1. The number of sulfonamides is 1. The zero-order chi connectivity index (χ0) is 16.7. The van der Waals surface area contributed by atoms with Crippen LogP contribution >= 0.6 is 11.6 Å². The quantitative estimate of drug-likeness (QED) is 0.755. The molecule has 0 bridgehead atoms. The van der Waals surface area contributed by atoms with Gasteiger partial charge in [-0.2, -0.15) is 0 Å². The molecule has 0 spiro atoms. The first kappa shape index (κ1) is 17.6. The number of unbranched alkanes of at least 4 members (excludes halogenated alkanes) is 1. The van der Waals surface area contributed by atoms with Gasteiger partial charge in [-0.05, 0) is 36.2 Å². The second kappa shape index (κ2) is 8.17. The zero-order valence-electron chi connectivity index (χ0n) is 12.9. The lowest BCUT2D eigenvalue weighted by molar-refractivity contribution is 0.597. The molecular formula is C16H20ClN3O2S. The second-order valence-electron chi connectivity index (χ2n) is 5.19. The van der Waals surface area contributed by atoms with Crippen molar-refractivity contribution in [2.75, 3.05) is 15.8 Å². The molecule has 0 aliphatic rings. The molecule has 0 aliphatic carbocycles. The van der Waals surface area contributed by atoms with E-state index < -0.39 is 10.0 Å². The summed E-state index contributed by atoms with van der Waals surface area (Å²) in [7, 11) is -3.31. The number of pyridine rings is 1. The highest BCUT2D eigenvalue weighted by molar-refractivity contribution is 7.92. The van der Waals surface area contributed by atoms with E-state index in [0.717, 1.165) is 17.7 Å². The van der Waals surface area contributed by atoms with E-state index in [9.17, 15) is 8.42 Å². The van der Waals surface area contributed by atoms with Crippen LogP contribution < -0.4 is 10.0 Å². The molecule has 7 heteroatoms. The van der Waals surface area contributed by atoms with Crippen LogP contribution in [0.4, 0.5) is 11.5 Å². The highest BCUT2D eigenvalue weighted by atomic mass is 35.5. The minimum Gasteiger partial charge on any atom is -0.380 e. The Morgan fingerprint density at radius 1 is 1.13 bits per heavy atom. The Balaban J connectivity index is 1.90. The molecule has 1 aromatic heterocycles. The Morgan fingerprint density at radius 3 is 2.48 bits per heavy atom. The third kappa shape index (κ3) is 6.08. The first-order chi connectivity index (χ1) is 11.0. The van der Waals surface area contributed by atoms with Gasteiger partial charge in [-0.25, -0.2) is 13.4 Å². The molecule has 0 unspecified atom stereocenters. The number of hydrogen-bond acceptors (Lipinski definition) is 4. The predicted molar refractivity (Wildman–Crippen MR) is 95.3 cm³/mol. The number of halogens is 1. The van der Waals surface area contributed by atoms with E-state index >= 15 is 0 Å². The van der Waals surface area contributed by atoms with Crippen molar-refractivity contribution in [2.24, 2.45) is 0 Å². The first-order valence-corrected chi connectivity index (χ1v) is 9.46. The molecule has 0 aliphatic heterocycles. The third-order valence-corrected chi connectivity index (χ3v) is 4.80. The molecule has 0 fully saturated rings. The third-order valence-electron chi connectivity index (χ3n) is 3.20. The molecule has 23 heavy (non-hydrogen) atoms. The van der Waals surface area contributed by atoms with Crippen molar-refractivity contribution in [1.82, 2.24) is 4.98 Å². The molecule has 2 aromatic rings. The summed E-state index contributed by atoms with van der Waals surface area (Å²) in [5.41, 5.74) is 1.91. The molecular weight excluding hydrogens is 334 g/mol. The highest BCUT2D eigenvalue weighted by Crippen LogP contribution is 2.14. The van der Waals surface area contributed by atoms with Crippen LogP contribution in [0.15, 0.2) is 42.6 Å². The van der Waals surface area contributed by atoms with E-state index in [4.69, 9.17) is 11.6 Å². The number of anilines is 2. The fourth-order valence-electron chi connectivity index (χ4n) is 1.91. The standard InChI is InChI=1S/C16H20ClN3O2S/c1-2-3-10-23(21,22)20-16-9-8-15(12-19-16)18-11-13-4-6-14(17)7-5-13/h4-9,12,18H,2-3,10-11H2,1H3,(H,19,20). The highest BCUT2D eigenvalue weighted by Gasteiger charge is 2.10. The molecule has 0 saturated heterocycles. The molecule has 0 saturated carbocycles. The number of rotatable bonds is 8. The van der Waals surface area contributed by atoms with Gasteiger partial charge in [0, 0.05) is 11.6 Å². The zero-order valence-corrected chi connectivity index (χ0v) is 14.5. The van der Waals surface area contributed by atoms with Crippen LogP contribution in [-0.2, 0) is 16.6 Å². The number of nitrogens with one attached hydrogen (secondary N) is 2. The Hall–Kier alpha value is -1.79. The molecule has 1 aromatic carbocycles. The molecule has 5 nitrogen and oxygen atoms in total. The topological polar surface area (TPSA) is 71.1 Å². The van der Waals surface area contributed by atoms with Crippen molar-refractivity contribution in [3.63, 3.8) is 0 Å². The van der Waals surface area contributed by atoms with Crippen LogP contribution in [0.5, 0.6) is 0 Å². The lowest BCUT2D eigenvalue weighted by Gasteiger charge is -2.09. The Labute approximate surface area is 142 Å². The monoisotopic (exact) mass is 353 g/mol. The molecule has 0 radical (unpaired) electrons. The van der Waals surface area contributed by atoms with E-state index in [1.807, 2.05) is 31.2 Å². The molecule has 1 heterocycles. The minimum absolute atomic E-state index is 0.113. The Bertz CT molecular complexity index is 716. The van der Waals surface area contributed by atoms with Crippen molar-refractivity contribution in [1.29, 1.82) is 0 Å². The smallest absolute Gasteiger partial charge is 0.233 e. The predicted octanol–water partition coefficient (Wildman–Crippen LogP) is 3.89. The normalized spacial score (nSPS) is 11.2. The number of hydrogen-bond donors (Lipinski definition) is 2. The summed E-state index contributed by atoms with van der Waals surface area (Å²) in [6.45, 7) is 2.59. The van der Waals surface area contributed by atoms with E-state index in [2.05, 4.69) is 15.0 Å². The minimum atomic E-state index is -3.31. The van der Waals surface area contributed by atoms with Crippen molar-refractivity contribution < 1.29 is 8.42 Å². The number of aromatic nitrogens is 1. The Morgan fingerprint density at radius 2 is 1.87 bits per heavy atom. The van der Waals surface area contributed by atoms with Gasteiger partial charge in [0.05, 0.1) is 17.6 Å². The maximum Gasteiger partial charge on any atom is 0.233 e. The SMILES string of the molecule is CCCCS(=O)(=O)Nc1ccc(NCc2ccc(Cl)cc2)cn1. The summed E-state index contributed by atoms with van der Waals surface area (Å²) in [6.07, 6.45) is 3.07. The van der Waals surface area contributed by atoms with Gasteiger partial charge in [0.15, 0.2) is 0 Å². The summed E-state index contributed by atoms with van der Waals surface area (Å²) in [4.78, 5) is 4.12.